The molecule has 0 fully saturated rings. The molecule has 0 radical (unpaired) electrons. The molecule has 11 aromatic carbocycles. The zero-order chi connectivity index (χ0) is 50.2. The van der Waals surface area contributed by atoms with Crippen molar-refractivity contribution in [3.63, 3.8) is 0 Å². The second kappa shape index (κ2) is 16.7. The summed E-state index contributed by atoms with van der Waals surface area (Å²) in [6, 6.07) is 81.0. The summed E-state index contributed by atoms with van der Waals surface area (Å²) in [5.41, 5.74) is 15.6. The lowest BCUT2D eigenvalue weighted by Gasteiger charge is -2.29. The van der Waals surface area contributed by atoms with Gasteiger partial charge >= 0.3 is 0 Å². The van der Waals surface area contributed by atoms with Gasteiger partial charge in [0, 0.05) is 55.7 Å². The van der Waals surface area contributed by atoms with Gasteiger partial charge in [0.05, 0.1) is 22.2 Å². The van der Waals surface area contributed by atoms with Crippen LogP contribution in [0.25, 0.3) is 71.6 Å². The van der Waals surface area contributed by atoms with Crippen molar-refractivity contribution in [3.05, 3.63) is 272 Å². The maximum atomic E-state index is 9.81. The van der Waals surface area contributed by atoms with Gasteiger partial charge in [-0.05, 0) is 135 Å². The Morgan fingerprint density at radius 3 is 1.70 bits per heavy atom. The van der Waals surface area contributed by atoms with Gasteiger partial charge in [0.15, 0.2) is 0 Å². The first-order valence-electron chi connectivity index (χ1n) is 25.9. The van der Waals surface area contributed by atoms with Crippen molar-refractivity contribution >= 4 is 66.7 Å². The molecule has 1 heterocycles. The Hall–Kier alpha value is -8.92. The van der Waals surface area contributed by atoms with Crippen LogP contribution in [0.5, 0.6) is 0 Å². The van der Waals surface area contributed by atoms with Crippen molar-refractivity contribution < 1.29 is 5.48 Å². The molecule has 0 spiro atoms. The Labute approximate surface area is 415 Å². The second-order valence-corrected chi connectivity index (χ2v) is 18.6. The van der Waals surface area contributed by atoms with Crippen LogP contribution >= 0.6 is 0 Å². The summed E-state index contributed by atoms with van der Waals surface area (Å²) in [5.74, 6) is 0. The Balaban J connectivity index is 1.00. The minimum atomic E-state index is -0.242. The van der Waals surface area contributed by atoms with Crippen molar-refractivity contribution in [2.24, 2.45) is 0 Å². The molecule has 0 saturated carbocycles. The second-order valence-electron chi connectivity index (χ2n) is 18.6. The van der Waals surface area contributed by atoms with E-state index in [-0.39, 0.29) is 40.8 Å². The normalized spacial score (nSPS) is 13.3. The molecule has 0 unspecified atom stereocenters. The zero-order valence-electron chi connectivity index (χ0n) is 42.9. The van der Waals surface area contributed by atoms with Gasteiger partial charge in [0.1, 0.15) is 0 Å². The number of aromatic nitrogens is 1. The quantitative estimate of drug-likeness (QED) is 0.143. The summed E-state index contributed by atoms with van der Waals surface area (Å²) in [4.78, 5) is 4.18. The monoisotopic (exact) mass is 899 g/mol. The SMILES string of the molecule is [2H]c1c([2H])c(N(c2ccccc2)c2ccc(-c3ccccc3)cc2)c([2H])c([2H])c1-c1cccc2c(N(c3ccc4c(c3)C(C)(C)c3ccccc3-4)c3ccc4c5ccccc5n(-c5ccccc5)c4c3)cccc12. The van der Waals surface area contributed by atoms with Crippen LogP contribution < -0.4 is 9.80 Å². The van der Waals surface area contributed by atoms with Crippen molar-refractivity contribution in [1.82, 2.24) is 4.57 Å². The van der Waals surface area contributed by atoms with Gasteiger partial charge in [-0.15, -0.1) is 0 Å². The average molecular weight is 900 g/mol. The van der Waals surface area contributed by atoms with Crippen LogP contribution in [0.4, 0.5) is 34.1 Å². The van der Waals surface area contributed by atoms with Gasteiger partial charge < -0.3 is 14.4 Å². The molecule has 12 aromatic rings. The highest BCUT2D eigenvalue weighted by Gasteiger charge is 2.36. The molecule has 3 nitrogen and oxygen atoms in total. The largest absolute Gasteiger partial charge is 0.311 e. The Bertz CT molecular complexity index is 4120. The summed E-state index contributed by atoms with van der Waals surface area (Å²) in [7, 11) is 0. The lowest BCUT2D eigenvalue weighted by Crippen LogP contribution is -2.16. The van der Waals surface area contributed by atoms with Crippen LogP contribution in [0.2, 0.25) is 0 Å². The lowest BCUT2D eigenvalue weighted by molar-refractivity contribution is 0.660. The van der Waals surface area contributed by atoms with Crippen LogP contribution in [0.15, 0.2) is 261 Å². The molecule has 1 aliphatic carbocycles. The average Bonchev–Trinajstić information content (AvgIpc) is 3.92. The molecule has 3 heteroatoms. The highest BCUT2D eigenvalue weighted by Crippen LogP contribution is 2.52. The van der Waals surface area contributed by atoms with E-state index in [2.05, 4.69) is 163 Å². The van der Waals surface area contributed by atoms with Crippen molar-refractivity contribution in [3.8, 4) is 39.1 Å². The number of fused-ring (bicyclic) bond motifs is 7. The molecule has 0 amide bonds. The van der Waals surface area contributed by atoms with Crippen molar-refractivity contribution in [2.45, 2.75) is 19.3 Å². The number of para-hydroxylation sites is 3. The fourth-order valence-corrected chi connectivity index (χ4v) is 10.9. The van der Waals surface area contributed by atoms with E-state index in [0.29, 0.717) is 5.56 Å². The van der Waals surface area contributed by atoms with E-state index in [1.807, 2.05) is 102 Å². The first-order chi connectivity index (χ1) is 36.2. The Morgan fingerprint density at radius 1 is 0.343 bits per heavy atom. The molecular weight excluding hydrogens is 847 g/mol. The number of rotatable bonds is 9. The molecule has 1 aliphatic rings. The summed E-state index contributed by atoms with van der Waals surface area (Å²) < 4.78 is 41.5. The molecule has 0 bridgehead atoms. The molecule has 0 N–H and O–H groups in total. The highest BCUT2D eigenvalue weighted by atomic mass is 15.2. The van der Waals surface area contributed by atoms with Gasteiger partial charge in [-0.2, -0.15) is 0 Å². The molecule has 332 valence electrons. The van der Waals surface area contributed by atoms with E-state index in [0.717, 1.165) is 72.4 Å². The zero-order valence-corrected chi connectivity index (χ0v) is 38.9. The first-order valence-corrected chi connectivity index (χ1v) is 23.9. The van der Waals surface area contributed by atoms with Crippen LogP contribution in [-0.4, -0.2) is 4.57 Å². The summed E-state index contributed by atoms with van der Waals surface area (Å²) in [6.07, 6.45) is 0. The number of benzene rings is 11. The molecule has 70 heavy (non-hydrogen) atoms. The van der Waals surface area contributed by atoms with Gasteiger partial charge in [0.25, 0.3) is 0 Å². The van der Waals surface area contributed by atoms with Crippen molar-refractivity contribution in [2.75, 3.05) is 9.80 Å². The third-order valence-corrected chi connectivity index (χ3v) is 14.2. The van der Waals surface area contributed by atoms with E-state index in [9.17, 15) is 5.48 Å². The molecule has 0 aliphatic heterocycles. The minimum absolute atomic E-state index is 0.114. The van der Waals surface area contributed by atoms with E-state index >= 15 is 0 Å². The fraction of sp³-hybridized carbons (Fsp3) is 0.0448. The molecule has 13 rings (SSSR count). The van der Waals surface area contributed by atoms with E-state index in [4.69, 9.17) is 0 Å². The first kappa shape index (κ1) is 37.1. The minimum Gasteiger partial charge on any atom is -0.311 e. The van der Waals surface area contributed by atoms with Crippen LogP contribution in [0.3, 0.4) is 0 Å². The maximum absolute atomic E-state index is 9.81. The number of nitrogens with zero attached hydrogens (tertiary/aromatic N) is 3. The standard InChI is InChI=1S/C67H49N3/c1-67(2)62-29-14-12-24-57(62)58-42-40-53(44-63(58)67)69(54-41-43-61-60-25-13-15-30-65(60)70(66(61)45-54)50-22-10-5-11-23-50)64-31-17-27-56-55(26-16-28-59(56)64)48-34-38-52(39-35-48)68(49-20-8-4-9-21-49)51-36-32-47(33-37-51)46-18-6-3-7-19-46/h3-45H,1-2H3/i34D,35D,38D,39D. The molecule has 0 saturated heterocycles. The van der Waals surface area contributed by atoms with E-state index in [1.165, 1.54) is 27.6 Å². The number of hydrogen-bond acceptors (Lipinski definition) is 2. The van der Waals surface area contributed by atoms with Crippen LogP contribution in [0, 0.1) is 0 Å². The lowest BCUT2D eigenvalue weighted by atomic mass is 9.82. The Morgan fingerprint density at radius 2 is 0.900 bits per heavy atom. The Kier molecular flexibility index (Phi) is 8.85. The fourth-order valence-electron chi connectivity index (χ4n) is 10.9. The van der Waals surface area contributed by atoms with Crippen LogP contribution in [-0.2, 0) is 5.41 Å². The van der Waals surface area contributed by atoms with Gasteiger partial charge in [-0.25, -0.2) is 0 Å². The van der Waals surface area contributed by atoms with E-state index < -0.39 is 0 Å². The molecular formula is C67H49N3. The highest BCUT2D eigenvalue weighted by molar-refractivity contribution is 6.11. The maximum Gasteiger partial charge on any atom is 0.0645 e. The van der Waals surface area contributed by atoms with Gasteiger partial charge in [0.2, 0.25) is 0 Å². The predicted octanol–water partition coefficient (Wildman–Crippen LogP) is 18.5. The third kappa shape index (κ3) is 6.81. The van der Waals surface area contributed by atoms with Gasteiger partial charge in [-0.3, -0.25) is 0 Å². The summed E-state index contributed by atoms with van der Waals surface area (Å²) >= 11 is 0. The molecule has 0 atom stereocenters. The number of anilines is 6. The van der Waals surface area contributed by atoms with Crippen molar-refractivity contribution in [1.29, 1.82) is 0 Å². The summed E-state index contributed by atoms with van der Waals surface area (Å²) in [5, 5.41) is 4.05. The predicted molar refractivity (Wildman–Crippen MR) is 296 cm³/mol. The van der Waals surface area contributed by atoms with Gasteiger partial charge in [-0.1, -0.05) is 190 Å². The van der Waals surface area contributed by atoms with Crippen LogP contribution in [0.1, 0.15) is 30.5 Å². The van der Waals surface area contributed by atoms with E-state index in [1.54, 1.807) is 0 Å². The number of hydrogen-bond donors (Lipinski definition) is 0. The topological polar surface area (TPSA) is 11.4 Å². The molecule has 1 aromatic heterocycles. The third-order valence-electron chi connectivity index (χ3n) is 14.2. The smallest absolute Gasteiger partial charge is 0.0645 e. The summed E-state index contributed by atoms with van der Waals surface area (Å²) in [6.45, 7) is 4.62.